The molecule has 21 heavy (non-hydrogen) atoms. The number of fused-ring (bicyclic) bond motifs is 1. The van der Waals surface area contributed by atoms with E-state index in [0.717, 1.165) is 19.5 Å². The zero-order chi connectivity index (χ0) is 14.8. The minimum absolute atomic E-state index is 0.0173. The van der Waals surface area contributed by atoms with Crippen LogP contribution in [0.4, 0.5) is 8.78 Å². The zero-order valence-electron chi connectivity index (χ0n) is 11.7. The van der Waals surface area contributed by atoms with Crippen molar-refractivity contribution >= 4 is 0 Å². The second-order valence-electron chi connectivity index (χ2n) is 5.50. The molecule has 1 atom stereocenters. The highest BCUT2D eigenvalue weighted by atomic mass is 19.1. The molecule has 0 amide bonds. The van der Waals surface area contributed by atoms with Crippen LogP contribution in [0.3, 0.4) is 0 Å². The van der Waals surface area contributed by atoms with Crippen LogP contribution in [0.25, 0.3) is 0 Å². The number of benzene rings is 2. The number of hydrogen-bond donors (Lipinski definition) is 1. The highest BCUT2D eigenvalue weighted by molar-refractivity contribution is 5.29. The Morgan fingerprint density at radius 2 is 1.67 bits per heavy atom. The topological polar surface area (TPSA) is 29.3 Å². The van der Waals surface area contributed by atoms with Gasteiger partial charge >= 0.3 is 0 Å². The number of rotatable bonds is 3. The van der Waals surface area contributed by atoms with Crippen molar-refractivity contribution in [2.24, 2.45) is 5.73 Å². The summed E-state index contributed by atoms with van der Waals surface area (Å²) in [4.78, 5) is 2.15. The van der Waals surface area contributed by atoms with Crippen molar-refractivity contribution in [3.63, 3.8) is 0 Å². The van der Waals surface area contributed by atoms with E-state index in [1.165, 1.54) is 29.3 Å². The smallest absolute Gasteiger partial charge is 0.130 e. The predicted molar refractivity (Wildman–Crippen MR) is 78.7 cm³/mol. The van der Waals surface area contributed by atoms with E-state index in [4.69, 9.17) is 5.73 Å². The minimum Gasteiger partial charge on any atom is -0.323 e. The van der Waals surface area contributed by atoms with E-state index in [2.05, 4.69) is 17.0 Å². The van der Waals surface area contributed by atoms with E-state index < -0.39 is 17.7 Å². The van der Waals surface area contributed by atoms with Crippen LogP contribution >= 0.6 is 0 Å². The third-order valence-electron chi connectivity index (χ3n) is 4.04. The van der Waals surface area contributed by atoms with Gasteiger partial charge in [-0.25, -0.2) is 8.78 Å². The molecule has 0 aliphatic carbocycles. The summed E-state index contributed by atoms with van der Waals surface area (Å²) in [5.41, 5.74) is 8.62. The van der Waals surface area contributed by atoms with Crippen LogP contribution in [0.2, 0.25) is 0 Å². The van der Waals surface area contributed by atoms with Crippen molar-refractivity contribution in [3.8, 4) is 0 Å². The maximum absolute atomic E-state index is 13.8. The Bertz CT molecular complexity index is 622. The van der Waals surface area contributed by atoms with Crippen molar-refractivity contribution in [3.05, 3.63) is 70.8 Å². The SMILES string of the molecule is NC(CN1CCc2ccccc2C1)c1c(F)cccc1F. The third-order valence-corrected chi connectivity index (χ3v) is 4.04. The van der Waals surface area contributed by atoms with Crippen molar-refractivity contribution in [2.75, 3.05) is 13.1 Å². The van der Waals surface area contributed by atoms with Gasteiger partial charge in [-0.15, -0.1) is 0 Å². The summed E-state index contributed by atoms with van der Waals surface area (Å²) in [5.74, 6) is -1.14. The van der Waals surface area contributed by atoms with Crippen LogP contribution in [-0.4, -0.2) is 18.0 Å². The van der Waals surface area contributed by atoms with E-state index in [1.54, 1.807) is 0 Å². The largest absolute Gasteiger partial charge is 0.323 e. The standard InChI is InChI=1S/C17H18F2N2/c18-14-6-3-7-15(19)17(14)16(20)11-21-9-8-12-4-1-2-5-13(12)10-21/h1-7,16H,8-11,20H2. The first-order chi connectivity index (χ1) is 10.1. The van der Waals surface area contributed by atoms with Gasteiger partial charge in [0, 0.05) is 31.2 Å². The fourth-order valence-electron chi connectivity index (χ4n) is 2.94. The lowest BCUT2D eigenvalue weighted by molar-refractivity contribution is 0.236. The Morgan fingerprint density at radius 3 is 2.38 bits per heavy atom. The molecule has 2 N–H and O–H groups in total. The molecule has 2 aromatic carbocycles. The summed E-state index contributed by atoms with van der Waals surface area (Å²) in [7, 11) is 0. The average Bonchev–Trinajstić information content (AvgIpc) is 2.47. The second kappa shape index (κ2) is 5.92. The van der Waals surface area contributed by atoms with E-state index in [0.29, 0.717) is 6.54 Å². The minimum atomic E-state index is -0.656. The molecule has 0 aromatic heterocycles. The molecule has 1 unspecified atom stereocenters. The summed E-state index contributed by atoms with van der Waals surface area (Å²) in [5, 5.41) is 0. The molecule has 0 bridgehead atoms. The molecule has 3 rings (SSSR count). The van der Waals surface area contributed by atoms with Gasteiger partial charge in [0.05, 0.1) is 0 Å². The van der Waals surface area contributed by atoms with Gasteiger partial charge in [-0.2, -0.15) is 0 Å². The zero-order valence-corrected chi connectivity index (χ0v) is 11.7. The molecule has 0 saturated carbocycles. The molecule has 2 aromatic rings. The normalized spacial score (nSPS) is 16.5. The quantitative estimate of drug-likeness (QED) is 0.940. The Balaban J connectivity index is 1.73. The Hall–Kier alpha value is -1.78. The lowest BCUT2D eigenvalue weighted by Crippen LogP contribution is -2.36. The molecule has 1 aliphatic rings. The van der Waals surface area contributed by atoms with Gasteiger partial charge < -0.3 is 5.73 Å². The number of nitrogens with zero attached hydrogens (tertiary/aromatic N) is 1. The monoisotopic (exact) mass is 288 g/mol. The number of nitrogens with two attached hydrogens (primary N) is 1. The lowest BCUT2D eigenvalue weighted by Gasteiger charge is -2.31. The van der Waals surface area contributed by atoms with Crippen molar-refractivity contribution in [1.82, 2.24) is 4.90 Å². The average molecular weight is 288 g/mol. The molecule has 0 spiro atoms. The van der Waals surface area contributed by atoms with Crippen LogP contribution in [0.15, 0.2) is 42.5 Å². The first-order valence-electron chi connectivity index (χ1n) is 7.14. The van der Waals surface area contributed by atoms with Crippen molar-refractivity contribution in [1.29, 1.82) is 0 Å². The summed E-state index contributed by atoms with van der Waals surface area (Å²) in [6, 6.07) is 11.5. The summed E-state index contributed by atoms with van der Waals surface area (Å²) < 4.78 is 27.5. The van der Waals surface area contributed by atoms with Crippen LogP contribution < -0.4 is 5.73 Å². The van der Waals surface area contributed by atoms with Gasteiger partial charge in [-0.3, -0.25) is 4.90 Å². The molecular weight excluding hydrogens is 270 g/mol. The fourth-order valence-corrected chi connectivity index (χ4v) is 2.94. The van der Waals surface area contributed by atoms with E-state index in [1.807, 2.05) is 12.1 Å². The fraction of sp³-hybridized carbons (Fsp3) is 0.294. The third kappa shape index (κ3) is 2.96. The van der Waals surface area contributed by atoms with Gasteiger partial charge in [-0.1, -0.05) is 30.3 Å². The first kappa shape index (κ1) is 14.2. The molecule has 0 radical (unpaired) electrons. The maximum Gasteiger partial charge on any atom is 0.130 e. The molecule has 110 valence electrons. The summed E-state index contributed by atoms with van der Waals surface area (Å²) >= 11 is 0. The van der Waals surface area contributed by atoms with Gasteiger partial charge in [0.25, 0.3) is 0 Å². The van der Waals surface area contributed by atoms with Crippen LogP contribution in [0, 0.1) is 11.6 Å². The summed E-state index contributed by atoms with van der Waals surface area (Å²) in [6.45, 7) is 2.09. The molecule has 0 fully saturated rings. The van der Waals surface area contributed by atoms with Gasteiger partial charge in [0.1, 0.15) is 11.6 Å². The highest BCUT2D eigenvalue weighted by Gasteiger charge is 2.22. The molecule has 1 heterocycles. The Kier molecular flexibility index (Phi) is 3.99. The van der Waals surface area contributed by atoms with Crippen molar-refractivity contribution in [2.45, 2.75) is 19.0 Å². The van der Waals surface area contributed by atoms with Crippen LogP contribution in [-0.2, 0) is 13.0 Å². The van der Waals surface area contributed by atoms with E-state index >= 15 is 0 Å². The summed E-state index contributed by atoms with van der Waals surface area (Å²) in [6.07, 6.45) is 0.947. The van der Waals surface area contributed by atoms with Crippen LogP contribution in [0.1, 0.15) is 22.7 Å². The Labute approximate surface area is 123 Å². The molecule has 1 aliphatic heterocycles. The van der Waals surface area contributed by atoms with E-state index in [9.17, 15) is 8.78 Å². The van der Waals surface area contributed by atoms with E-state index in [-0.39, 0.29) is 5.56 Å². The molecule has 4 heteroatoms. The number of halogens is 2. The first-order valence-corrected chi connectivity index (χ1v) is 7.14. The van der Waals surface area contributed by atoms with Crippen molar-refractivity contribution < 1.29 is 8.78 Å². The van der Waals surface area contributed by atoms with Gasteiger partial charge in [0.15, 0.2) is 0 Å². The van der Waals surface area contributed by atoms with Gasteiger partial charge in [-0.05, 0) is 29.7 Å². The molecular formula is C17H18F2N2. The maximum atomic E-state index is 13.8. The highest BCUT2D eigenvalue weighted by Crippen LogP contribution is 2.23. The second-order valence-corrected chi connectivity index (χ2v) is 5.50. The molecule has 0 saturated heterocycles. The lowest BCUT2D eigenvalue weighted by atomic mass is 9.98. The number of hydrogen-bond acceptors (Lipinski definition) is 2. The molecule has 2 nitrogen and oxygen atoms in total. The van der Waals surface area contributed by atoms with Crippen LogP contribution in [0.5, 0.6) is 0 Å². The predicted octanol–water partition coefficient (Wildman–Crippen LogP) is 3.02. The Morgan fingerprint density at radius 1 is 1.00 bits per heavy atom. The van der Waals surface area contributed by atoms with Gasteiger partial charge in [0.2, 0.25) is 0 Å².